The van der Waals surface area contributed by atoms with Crippen molar-refractivity contribution in [3.05, 3.63) is 35.4 Å². The first-order chi connectivity index (χ1) is 8.09. The Morgan fingerprint density at radius 3 is 2.41 bits per heavy atom. The van der Waals surface area contributed by atoms with Gasteiger partial charge in [-0.2, -0.15) is 0 Å². The molecule has 0 aliphatic carbocycles. The molecule has 0 bridgehead atoms. The highest BCUT2D eigenvalue weighted by Gasteiger charge is 2.31. The van der Waals surface area contributed by atoms with E-state index in [0.29, 0.717) is 12.5 Å². The molecule has 0 aromatic heterocycles. The second-order valence-electron chi connectivity index (χ2n) is 5.11. The van der Waals surface area contributed by atoms with Gasteiger partial charge in [0.2, 0.25) is 0 Å². The Labute approximate surface area is 103 Å². The fourth-order valence-corrected chi connectivity index (χ4v) is 2.32. The first kappa shape index (κ1) is 12.3. The van der Waals surface area contributed by atoms with Crippen molar-refractivity contribution < 1.29 is 9.53 Å². The number of benzene rings is 1. The third-order valence-electron chi connectivity index (χ3n) is 3.57. The van der Waals surface area contributed by atoms with Crippen LogP contribution in [0.3, 0.4) is 0 Å². The Morgan fingerprint density at radius 1 is 1.29 bits per heavy atom. The van der Waals surface area contributed by atoms with Gasteiger partial charge in [0, 0.05) is 12.2 Å². The van der Waals surface area contributed by atoms with Crippen LogP contribution in [0.25, 0.3) is 0 Å². The minimum atomic E-state index is 0.0416. The van der Waals surface area contributed by atoms with E-state index in [9.17, 15) is 4.79 Å². The molecule has 1 aromatic rings. The van der Waals surface area contributed by atoms with Gasteiger partial charge in [0.1, 0.15) is 0 Å². The standard InChI is InChI=1S/C15H20O2/c1-10(2)12-4-6-13(7-5-12)15(16)14-8-9-17-11(14)3/h4-7,10-11,14H,8-9H2,1-3H3. The summed E-state index contributed by atoms with van der Waals surface area (Å²) in [5, 5.41) is 0. The molecule has 17 heavy (non-hydrogen) atoms. The summed E-state index contributed by atoms with van der Waals surface area (Å²) in [4.78, 5) is 12.3. The molecule has 0 N–H and O–H groups in total. The molecule has 92 valence electrons. The van der Waals surface area contributed by atoms with Gasteiger partial charge in [0.15, 0.2) is 5.78 Å². The summed E-state index contributed by atoms with van der Waals surface area (Å²) in [7, 11) is 0. The number of carbonyl (C=O) groups is 1. The summed E-state index contributed by atoms with van der Waals surface area (Å²) in [6, 6.07) is 8.00. The molecule has 2 heteroatoms. The van der Waals surface area contributed by atoms with Gasteiger partial charge in [-0.1, -0.05) is 38.1 Å². The molecule has 0 spiro atoms. The quantitative estimate of drug-likeness (QED) is 0.746. The zero-order chi connectivity index (χ0) is 12.4. The topological polar surface area (TPSA) is 26.3 Å². The van der Waals surface area contributed by atoms with Crippen molar-refractivity contribution in [2.45, 2.75) is 39.2 Å². The van der Waals surface area contributed by atoms with Gasteiger partial charge in [-0.25, -0.2) is 0 Å². The van der Waals surface area contributed by atoms with Crippen molar-refractivity contribution in [2.24, 2.45) is 5.92 Å². The van der Waals surface area contributed by atoms with Crippen LogP contribution >= 0.6 is 0 Å². The predicted molar refractivity (Wildman–Crippen MR) is 68.4 cm³/mol. The zero-order valence-electron chi connectivity index (χ0n) is 10.8. The van der Waals surface area contributed by atoms with Crippen molar-refractivity contribution in [1.82, 2.24) is 0 Å². The van der Waals surface area contributed by atoms with Crippen molar-refractivity contribution in [3.63, 3.8) is 0 Å². The summed E-state index contributed by atoms with van der Waals surface area (Å²) < 4.78 is 5.45. The Balaban J connectivity index is 2.14. The Kier molecular flexibility index (Phi) is 3.63. The number of carbonyl (C=O) groups excluding carboxylic acids is 1. The average molecular weight is 232 g/mol. The number of hydrogen-bond acceptors (Lipinski definition) is 2. The molecule has 0 saturated carbocycles. The van der Waals surface area contributed by atoms with Crippen LogP contribution in [0.15, 0.2) is 24.3 Å². The molecule has 2 rings (SSSR count). The maximum atomic E-state index is 12.3. The van der Waals surface area contributed by atoms with E-state index in [1.807, 2.05) is 19.1 Å². The highest BCUT2D eigenvalue weighted by molar-refractivity contribution is 5.98. The largest absolute Gasteiger partial charge is 0.378 e. The predicted octanol–water partition coefficient (Wildman–Crippen LogP) is 3.42. The van der Waals surface area contributed by atoms with E-state index in [2.05, 4.69) is 26.0 Å². The molecule has 0 amide bonds. The van der Waals surface area contributed by atoms with Crippen LogP contribution in [0.5, 0.6) is 0 Å². The van der Waals surface area contributed by atoms with Crippen molar-refractivity contribution >= 4 is 5.78 Å². The number of ether oxygens (including phenoxy) is 1. The van der Waals surface area contributed by atoms with E-state index in [4.69, 9.17) is 4.74 Å². The second kappa shape index (κ2) is 5.01. The van der Waals surface area contributed by atoms with Gasteiger partial charge in [0.05, 0.1) is 12.0 Å². The van der Waals surface area contributed by atoms with Crippen molar-refractivity contribution in [3.8, 4) is 0 Å². The molecule has 1 saturated heterocycles. The van der Waals surface area contributed by atoms with Crippen LogP contribution in [0, 0.1) is 5.92 Å². The first-order valence-electron chi connectivity index (χ1n) is 6.35. The van der Waals surface area contributed by atoms with Gasteiger partial charge in [0.25, 0.3) is 0 Å². The average Bonchev–Trinajstić information content (AvgIpc) is 2.74. The third-order valence-corrected chi connectivity index (χ3v) is 3.57. The summed E-state index contributed by atoms with van der Waals surface area (Å²) >= 11 is 0. The molecule has 1 aliphatic rings. The Morgan fingerprint density at radius 2 is 1.94 bits per heavy atom. The first-order valence-corrected chi connectivity index (χ1v) is 6.35. The lowest BCUT2D eigenvalue weighted by Gasteiger charge is -2.13. The molecular formula is C15H20O2. The number of Topliss-reactive ketones (excluding diaryl/α,β-unsaturated/α-hetero) is 1. The van der Waals surface area contributed by atoms with Gasteiger partial charge in [-0.15, -0.1) is 0 Å². The molecule has 0 radical (unpaired) electrons. The summed E-state index contributed by atoms with van der Waals surface area (Å²) in [6.07, 6.45) is 0.915. The van der Waals surface area contributed by atoms with Gasteiger partial charge < -0.3 is 4.74 Å². The lowest BCUT2D eigenvalue weighted by atomic mass is 9.91. The molecule has 1 aliphatic heterocycles. The summed E-state index contributed by atoms with van der Waals surface area (Å²) in [6.45, 7) is 7.01. The van der Waals surface area contributed by atoms with Crippen LogP contribution in [-0.2, 0) is 4.74 Å². The van der Waals surface area contributed by atoms with E-state index < -0.39 is 0 Å². The maximum Gasteiger partial charge on any atom is 0.168 e. The smallest absolute Gasteiger partial charge is 0.168 e. The monoisotopic (exact) mass is 232 g/mol. The molecule has 1 heterocycles. The highest BCUT2D eigenvalue weighted by Crippen LogP contribution is 2.25. The van der Waals surface area contributed by atoms with Crippen LogP contribution < -0.4 is 0 Å². The number of rotatable bonds is 3. The number of hydrogen-bond donors (Lipinski definition) is 0. The minimum absolute atomic E-state index is 0.0416. The molecular weight excluding hydrogens is 212 g/mol. The van der Waals surface area contributed by atoms with Gasteiger partial charge in [-0.3, -0.25) is 4.79 Å². The minimum Gasteiger partial charge on any atom is -0.378 e. The normalized spacial score (nSPS) is 24.2. The molecule has 2 unspecified atom stereocenters. The SMILES string of the molecule is CC(C)c1ccc(C(=O)C2CCOC2C)cc1. The van der Waals surface area contributed by atoms with E-state index >= 15 is 0 Å². The Bertz CT molecular complexity index is 392. The highest BCUT2D eigenvalue weighted by atomic mass is 16.5. The molecule has 2 nitrogen and oxygen atoms in total. The van der Waals surface area contributed by atoms with Gasteiger partial charge >= 0.3 is 0 Å². The molecule has 2 atom stereocenters. The third kappa shape index (κ3) is 2.58. The second-order valence-corrected chi connectivity index (χ2v) is 5.11. The number of ketones is 1. The van der Waals surface area contributed by atoms with E-state index in [1.165, 1.54) is 5.56 Å². The van der Waals surface area contributed by atoms with Crippen molar-refractivity contribution in [2.75, 3.05) is 6.61 Å². The van der Waals surface area contributed by atoms with Crippen LogP contribution in [-0.4, -0.2) is 18.5 Å². The summed E-state index contributed by atoms with van der Waals surface area (Å²) in [5.41, 5.74) is 2.09. The fourth-order valence-electron chi connectivity index (χ4n) is 2.32. The van der Waals surface area contributed by atoms with Gasteiger partial charge in [-0.05, 0) is 24.8 Å². The van der Waals surface area contributed by atoms with Crippen LogP contribution in [0.2, 0.25) is 0 Å². The van der Waals surface area contributed by atoms with Crippen LogP contribution in [0.1, 0.15) is 49.0 Å². The molecule has 1 fully saturated rings. The van der Waals surface area contributed by atoms with Crippen LogP contribution in [0.4, 0.5) is 0 Å². The summed E-state index contributed by atoms with van der Waals surface area (Å²) in [5.74, 6) is 0.776. The Hall–Kier alpha value is -1.15. The van der Waals surface area contributed by atoms with Crippen molar-refractivity contribution in [1.29, 1.82) is 0 Å². The fraction of sp³-hybridized carbons (Fsp3) is 0.533. The lowest BCUT2D eigenvalue weighted by molar-refractivity contribution is 0.0764. The lowest BCUT2D eigenvalue weighted by Crippen LogP contribution is -2.21. The van der Waals surface area contributed by atoms with E-state index in [0.717, 1.165) is 12.0 Å². The zero-order valence-corrected chi connectivity index (χ0v) is 10.8. The molecule has 1 aromatic carbocycles. The van der Waals surface area contributed by atoms with E-state index in [-0.39, 0.29) is 17.8 Å². The van der Waals surface area contributed by atoms with E-state index in [1.54, 1.807) is 0 Å². The maximum absolute atomic E-state index is 12.3.